The summed E-state index contributed by atoms with van der Waals surface area (Å²) in [6, 6.07) is 8.80. The molecule has 0 saturated carbocycles. The average Bonchev–Trinajstić information content (AvgIpc) is 2.89. The number of sulfone groups is 1. The molecular weight excluding hydrogens is 284 g/mol. The Morgan fingerprint density at radius 1 is 1.32 bits per heavy atom. The second-order valence-corrected chi connectivity index (χ2v) is 7.15. The number of halogens is 1. The van der Waals surface area contributed by atoms with Crippen LogP contribution >= 0.6 is 11.6 Å². The molecule has 0 bridgehead atoms. The lowest BCUT2D eigenvalue weighted by Gasteiger charge is -2.14. The number of rotatable bonds is 5. The number of nitrogens with zero attached hydrogens (tertiary/aromatic N) is 2. The fourth-order valence-corrected chi connectivity index (χ4v) is 3.58. The largest absolute Gasteiger partial charge is 0.272 e. The van der Waals surface area contributed by atoms with E-state index in [-0.39, 0.29) is 5.75 Å². The molecule has 0 aliphatic carbocycles. The summed E-state index contributed by atoms with van der Waals surface area (Å²) < 4.78 is 26.2. The zero-order chi connectivity index (χ0) is 13.9. The van der Waals surface area contributed by atoms with Crippen molar-refractivity contribution in [1.29, 1.82) is 0 Å². The van der Waals surface area contributed by atoms with Crippen LogP contribution in [0.3, 0.4) is 0 Å². The zero-order valence-electron chi connectivity index (χ0n) is 10.5. The van der Waals surface area contributed by atoms with Gasteiger partial charge < -0.3 is 0 Å². The van der Waals surface area contributed by atoms with Crippen LogP contribution < -0.4 is 0 Å². The van der Waals surface area contributed by atoms with Crippen molar-refractivity contribution in [2.75, 3.05) is 5.75 Å². The minimum atomic E-state index is -3.26. The summed E-state index contributed by atoms with van der Waals surface area (Å²) in [7, 11) is -3.26. The van der Waals surface area contributed by atoms with E-state index in [0.29, 0.717) is 17.1 Å². The third-order valence-electron chi connectivity index (χ3n) is 3.05. The van der Waals surface area contributed by atoms with Crippen LogP contribution in [0.2, 0.25) is 5.02 Å². The van der Waals surface area contributed by atoms with Crippen LogP contribution in [0.1, 0.15) is 17.7 Å². The molecule has 0 saturated heterocycles. The second kappa shape index (κ2) is 5.75. The highest BCUT2D eigenvalue weighted by Crippen LogP contribution is 2.28. The molecule has 2 rings (SSSR count). The first-order valence-corrected chi connectivity index (χ1v) is 8.03. The van der Waals surface area contributed by atoms with Crippen molar-refractivity contribution < 1.29 is 8.42 Å². The molecule has 1 unspecified atom stereocenters. The van der Waals surface area contributed by atoms with Crippen LogP contribution in [0.15, 0.2) is 42.7 Å². The van der Waals surface area contributed by atoms with Crippen molar-refractivity contribution in [1.82, 2.24) is 9.78 Å². The fraction of sp³-hybridized carbons (Fsp3) is 0.308. The van der Waals surface area contributed by atoms with Crippen molar-refractivity contribution >= 4 is 21.4 Å². The molecule has 102 valence electrons. The summed E-state index contributed by atoms with van der Waals surface area (Å²) in [5.41, 5.74) is 0.643. The highest BCUT2D eigenvalue weighted by Gasteiger charge is 2.24. The van der Waals surface area contributed by atoms with Gasteiger partial charge in [-0.25, -0.2) is 8.42 Å². The molecule has 1 heterocycles. The maximum absolute atomic E-state index is 12.3. The zero-order valence-corrected chi connectivity index (χ0v) is 12.1. The summed E-state index contributed by atoms with van der Waals surface area (Å²) in [5.74, 6) is 0.0427. The van der Waals surface area contributed by atoms with Gasteiger partial charge in [0.25, 0.3) is 0 Å². The highest BCUT2D eigenvalue weighted by atomic mass is 35.5. The predicted molar refractivity (Wildman–Crippen MR) is 75.9 cm³/mol. The third-order valence-corrected chi connectivity index (χ3v) is 5.47. The molecule has 4 nitrogen and oxygen atoms in total. The Balaban J connectivity index is 2.13. The predicted octanol–water partition coefficient (Wildman–Crippen LogP) is 2.71. The highest BCUT2D eigenvalue weighted by molar-refractivity contribution is 7.91. The van der Waals surface area contributed by atoms with Crippen LogP contribution in [0.4, 0.5) is 0 Å². The van der Waals surface area contributed by atoms with Gasteiger partial charge in [0, 0.05) is 17.4 Å². The standard InChI is InChI=1S/C13H15ClN2O2S/c1-11(12-5-2-3-6-13(12)14)19(17,18)10-9-16-8-4-7-15-16/h2-8,11H,9-10H2,1H3. The van der Waals surface area contributed by atoms with Crippen molar-refractivity contribution in [3.8, 4) is 0 Å². The lowest BCUT2D eigenvalue weighted by atomic mass is 10.2. The van der Waals surface area contributed by atoms with E-state index in [9.17, 15) is 8.42 Å². The van der Waals surface area contributed by atoms with Crippen LogP contribution in [0.5, 0.6) is 0 Å². The van der Waals surface area contributed by atoms with Gasteiger partial charge in [0.15, 0.2) is 9.84 Å². The van der Waals surface area contributed by atoms with Gasteiger partial charge in [-0.3, -0.25) is 4.68 Å². The van der Waals surface area contributed by atoms with Crippen LogP contribution in [0.25, 0.3) is 0 Å². The Kier molecular flexibility index (Phi) is 4.27. The lowest BCUT2D eigenvalue weighted by molar-refractivity contribution is 0.571. The third kappa shape index (κ3) is 3.36. The first kappa shape index (κ1) is 14.1. The number of aryl methyl sites for hydroxylation is 1. The first-order chi connectivity index (χ1) is 9.00. The quantitative estimate of drug-likeness (QED) is 0.853. The number of hydrogen-bond donors (Lipinski definition) is 0. The fourth-order valence-electron chi connectivity index (χ4n) is 1.83. The number of benzene rings is 1. The molecule has 19 heavy (non-hydrogen) atoms. The maximum atomic E-state index is 12.3. The Labute approximate surface area is 117 Å². The van der Waals surface area contributed by atoms with E-state index >= 15 is 0 Å². The molecule has 0 N–H and O–H groups in total. The summed E-state index contributed by atoms with van der Waals surface area (Å²) in [4.78, 5) is 0. The van der Waals surface area contributed by atoms with E-state index in [1.54, 1.807) is 54.3 Å². The van der Waals surface area contributed by atoms with Gasteiger partial charge in [-0.15, -0.1) is 0 Å². The summed E-state index contributed by atoms with van der Waals surface area (Å²) >= 11 is 6.04. The molecule has 0 spiro atoms. The summed E-state index contributed by atoms with van der Waals surface area (Å²) in [5, 5.41) is 3.86. The topological polar surface area (TPSA) is 52.0 Å². The molecule has 0 radical (unpaired) electrons. The first-order valence-electron chi connectivity index (χ1n) is 5.94. The number of aromatic nitrogens is 2. The Hall–Kier alpha value is -1.33. The van der Waals surface area contributed by atoms with E-state index in [1.807, 2.05) is 0 Å². The SMILES string of the molecule is CC(c1ccccc1Cl)S(=O)(=O)CCn1cccn1. The summed E-state index contributed by atoms with van der Waals surface area (Å²) in [6.45, 7) is 2.02. The molecule has 1 aromatic heterocycles. The van der Waals surface area contributed by atoms with E-state index in [0.717, 1.165) is 0 Å². The van der Waals surface area contributed by atoms with Gasteiger partial charge in [-0.2, -0.15) is 5.10 Å². The smallest absolute Gasteiger partial charge is 0.158 e. The minimum Gasteiger partial charge on any atom is -0.272 e. The molecular formula is C13H15ClN2O2S. The van der Waals surface area contributed by atoms with E-state index in [2.05, 4.69) is 5.10 Å². The molecule has 0 fully saturated rings. The van der Waals surface area contributed by atoms with Gasteiger partial charge in [-0.1, -0.05) is 29.8 Å². The molecule has 1 atom stereocenters. The normalized spacial score (nSPS) is 13.4. The van der Waals surface area contributed by atoms with Gasteiger partial charge in [0.1, 0.15) is 0 Å². The van der Waals surface area contributed by atoms with Crippen LogP contribution in [-0.4, -0.2) is 24.0 Å². The van der Waals surface area contributed by atoms with E-state index < -0.39 is 15.1 Å². The molecule has 0 amide bonds. The van der Waals surface area contributed by atoms with Gasteiger partial charge >= 0.3 is 0 Å². The Bertz CT molecular complexity index is 638. The average molecular weight is 299 g/mol. The molecule has 6 heteroatoms. The van der Waals surface area contributed by atoms with Gasteiger partial charge in [0.05, 0.1) is 17.5 Å². The lowest BCUT2D eigenvalue weighted by Crippen LogP contribution is -2.18. The molecule has 2 aromatic rings. The van der Waals surface area contributed by atoms with Crippen molar-refractivity contribution in [2.45, 2.75) is 18.7 Å². The van der Waals surface area contributed by atoms with Crippen molar-refractivity contribution in [2.24, 2.45) is 0 Å². The maximum Gasteiger partial charge on any atom is 0.158 e. The van der Waals surface area contributed by atoms with E-state index in [4.69, 9.17) is 11.6 Å². The van der Waals surface area contributed by atoms with Gasteiger partial charge in [0.2, 0.25) is 0 Å². The molecule has 1 aromatic carbocycles. The van der Waals surface area contributed by atoms with Crippen LogP contribution in [-0.2, 0) is 16.4 Å². The van der Waals surface area contributed by atoms with Crippen molar-refractivity contribution in [3.63, 3.8) is 0 Å². The number of hydrogen-bond acceptors (Lipinski definition) is 3. The van der Waals surface area contributed by atoms with E-state index in [1.165, 1.54) is 0 Å². The molecule has 0 aliphatic rings. The van der Waals surface area contributed by atoms with Crippen LogP contribution in [0, 0.1) is 0 Å². The monoisotopic (exact) mass is 298 g/mol. The summed E-state index contributed by atoms with van der Waals surface area (Å²) in [6.07, 6.45) is 3.37. The Morgan fingerprint density at radius 3 is 2.68 bits per heavy atom. The van der Waals surface area contributed by atoms with Crippen molar-refractivity contribution in [3.05, 3.63) is 53.3 Å². The molecule has 0 aliphatic heterocycles. The minimum absolute atomic E-state index is 0.0427. The Morgan fingerprint density at radius 2 is 2.05 bits per heavy atom. The second-order valence-electron chi connectivity index (χ2n) is 4.30. The van der Waals surface area contributed by atoms with Gasteiger partial charge in [-0.05, 0) is 24.6 Å².